The molecular formula is C15H16N2O4S. The van der Waals surface area contributed by atoms with Gasteiger partial charge in [-0.2, -0.15) is 0 Å². The van der Waals surface area contributed by atoms with E-state index in [2.05, 4.69) is 5.32 Å². The predicted molar refractivity (Wildman–Crippen MR) is 84.8 cm³/mol. The number of benzene rings is 1. The first-order chi connectivity index (χ1) is 10.5. The number of fused-ring (bicyclic) bond motifs is 1. The van der Waals surface area contributed by atoms with Crippen molar-refractivity contribution in [2.45, 2.75) is 25.7 Å². The highest BCUT2D eigenvalue weighted by atomic mass is 32.1. The van der Waals surface area contributed by atoms with Crippen molar-refractivity contribution in [1.82, 2.24) is 0 Å². The summed E-state index contributed by atoms with van der Waals surface area (Å²) < 4.78 is 0. The van der Waals surface area contributed by atoms with Gasteiger partial charge in [0, 0.05) is 22.7 Å². The van der Waals surface area contributed by atoms with Crippen molar-refractivity contribution in [1.29, 1.82) is 0 Å². The van der Waals surface area contributed by atoms with Gasteiger partial charge < -0.3 is 26.4 Å². The van der Waals surface area contributed by atoms with Crippen LogP contribution in [-0.2, 0) is 12.8 Å². The highest BCUT2D eigenvalue weighted by Crippen LogP contribution is 2.39. The summed E-state index contributed by atoms with van der Waals surface area (Å²) in [5, 5.41) is 31.4. The van der Waals surface area contributed by atoms with Gasteiger partial charge in [0.25, 0.3) is 5.91 Å². The van der Waals surface area contributed by atoms with Crippen LogP contribution in [-0.4, -0.2) is 21.2 Å². The third-order valence-electron chi connectivity index (χ3n) is 3.75. The lowest BCUT2D eigenvalue weighted by molar-refractivity contribution is 0.102. The predicted octanol–water partition coefficient (Wildman–Crippen LogP) is 2.58. The Morgan fingerprint density at radius 3 is 2.45 bits per heavy atom. The van der Waals surface area contributed by atoms with Crippen molar-refractivity contribution in [3.63, 3.8) is 0 Å². The summed E-state index contributed by atoms with van der Waals surface area (Å²) >= 11 is 1.44. The normalized spacial score (nSPS) is 13.6. The van der Waals surface area contributed by atoms with Crippen LogP contribution in [0.5, 0.6) is 17.2 Å². The van der Waals surface area contributed by atoms with Gasteiger partial charge in [-0.3, -0.25) is 4.79 Å². The molecule has 1 aliphatic carbocycles. The second-order valence-electron chi connectivity index (χ2n) is 5.27. The van der Waals surface area contributed by atoms with Crippen LogP contribution < -0.4 is 11.1 Å². The number of thiophene rings is 1. The molecule has 0 fully saturated rings. The minimum Gasteiger partial charge on any atom is -0.504 e. The Morgan fingerprint density at radius 1 is 1.14 bits per heavy atom. The van der Waals surface area contributed by atoms with Crippen molar-refractivity contribution in [2.24, 2.45) is 0 Å². The zero-order valence-corrected chi connectivity index (χ0v) is 12.5. The first-order valence-corrected chi connectivity index (χ1v) is 7.75. The molecule has 0 bridgehead atoms. The van der Waals surface area contributed by atoms with Crippen molar-refractivity contribution in [3.05, 3.63) is 28.1 Å². The van der Waals surface area contributed by atoms with Crippen LogP contribution in [0.2, 0.25) is 0 Å². The third-order valence-corrected chi connectivity index (χ3v) is 4.87. The summed E-state index contributed by atoms with van der Waals surface area (Å²) in [6.07, 6.45) is 3.91. The third kappa shape index (κ3) is 2.43. The molecule has 22 heavy (non-hydrogen) atoms. The van der Waals surface area contributed by atoms with Crippen molar-refractivity contribution >= 4 is 27.9 Å². The molecule has 0 aliphatic heterocycles. The molecule has 6 nitrogen and oxygen atoms in total. The fourth-order valence-electron chi connectivity index (χ4n) is 2.71. The number of phenolic OH excluding ortho intramolecular Hbond substituents is 3. The maximum absolute atomic E-state index is 12.5. The Bertz CT molecular complexity index is 731. The fourth-order valence-corrected chi connectivity index (χ4v) is 3.86. The molecule has 1 aliphatic rings. The number of amides is 1. The molecule has 2 aromatic rings. The number of hydrogen-bond donors (Lipinski definition) is 5. The minimum absolute atomic E-state index is 0.188. The lowest BCUT2D eigenvalue weighted by Gasteiger charge is -2.13. The summed E-state index contributed by atoms with van der Waals surface area (Å²) in [4.78, 5) is 13.6. The Morgan fingerprint density at radius 2 is 1.77 bits per heavy atom. The Labute approximate surface area is 130 Å². The van der Waals surface area contributed by atoms with Crippen LogP contribution in [0.4, 0.5) is 10.7 Å². The summed E-state index contributed by atoms with van der Waals surface area (Å²) in [6, 6.07) is 2.34. The number of aryl methyl sites for hydroxylation is 1. The molecule has 0 saturated carbocycles. The van der Waals surface area contributed by atoms with E-state index in [1.165, 1.54) is 23.5 Å². The lowest BCUT2D eigenvalue weighted by atomic mass is 9.95. The van der Waals surface area contributed by atoms with Crippen molar-refractivity contribution < 1.29 is 20.1 Å². The zero-order valence-electron chi connectivity index (χ0n) is 11.7. The molecule has 0 spiro atoms. The number of anilines is 2. The maximum atomic E-state index is 12.5. The Hall–Kier alpha value is -2.41. The van der Waals surface area contributed by atoms with Crippen LogP contribution in [0.25, 0.3) is 0 Å². The number of nitrogen functional groups attached to an aromatic ring is 1. The van der Waals surface area contributed by atoms with Gasteiger partial charge in [-0.1, -0.05) is 0 Å². The molecule has 3 rings (SSSR count). The van der Waals surface area contributed by atoms with Crippen molar-refractivity contribution in [3.8, 4) is 17.2 Å². The molecule has 0 unspecified atom stereocenters. The number of nitrogens with one attached hydrogen (secondary N) is 1. The van der Waals surface area contributed by atoms with E-state index in [0.717, 1.165) is 36.1 Å². The molecule has 1 heterocycles. The Balaban J connectivity index is 1.91. The molecule has 0 saturated heterocycles. The first kappa shape index (κ1) is 14.5. The van der Waals surface area contributed by atoms with Gasteiger partial charge in [-0.05, 0) is 31.2 Å². The standard InChI is InChI=1S/C15H16N2O4S/c16-14-12(8-3-1-2-4-11(8)22-14)15(21)17-7-5-9(18)13(20)10(19)6-7/h5-6,18-20H,1-4,16H2,(H,17,21). The van der Waals surface area contributed by atoms with E-state index in [4.69, 9.17) is 5.73 Å². The van der Waals surface area contributed by atoms with E-state index in [-0.39, 0.29) is 11.6 Å². The molecule has 1 amide bonds. The quantitative estimate of drug-likeness (QED) is 0.431. The number of hydrogen-bond acceptors (Lipinski definition) is 6. The van der Waals surface area contributed by atoms with Gasteiger partial charge in [0.05, 0.1) is 10.6 Å². The smallest absolute Gasteiger partial charge is 0.258 e. The molecule has 6 N–H and O–H groups in total. The summed E-state index contributed by atoms with van der Waals surface area (Å²) in [7, 11) is 0. The van der Waals surface area contributed by atoms with E-state index < -0.39 is 17.2 Å². The average molecular weight is 320 g/mol. The number of carbonyl (C=O) groups is 1. The van der Waals surface area contributed by atoms with E-state index in [1.54, 1.807) is 0 Å². The SMILES string of the molecule is Nc1sc2c(c1C(=O)Nc1cc(O)c(O)c(O)c1)CCCC2. The monoisotopic (exact) mass is 320 g/mol. The van der Waals surface area contributed by atoms with Crippen LogP contribution in [0.1, 0.15) is 33.6 Å². The average Bonchev–Trinajstić information content (AvgIpc) is 2.80. The molecule has 0 atom stereocenters. The van der Waals surface area contributed by atoms with Crippen molar-refractivity contribution in [2.75, 3.05) is 11.1 Å². The van der Waals surface area contributed by atoms with Crippen LogP contribution in [0.3, 0.4) is 0 Å². The number of aromatic hydroxyl groups is 3. The highest BCUT2D eigenvalue weighted by molar-refractivity contribution is 7.16. The van der Waals surface area contributed by atoms with Gasteiger partial charge in [0.1, 0.15) is 0 Å². The largest absolute Gasteiger partial charge is 0.504 e. The molecule has 1 aromatic heterocycles. The molecular weight excluding hydrogens is 304 g/mol. The van der Waals surface area contributed by atoms with E-state index in [9.17, 15) is 20.1 Å². The number of rotatable bonds is 2. The summed E-state index contributed by atoms with van der Waals surface area (Å²) in [5.41, 5.74) is 7.64. The van der Waals surface area contributed by atoms with Crippen LogP contribution in [0.15, 0.2) is 12.1 Å². The minimum atomic E-state index is -0.620. The van der Waals surface area contributed by atoms with Gasteiger partial charge >= 0.3 is 0 Å². The number of phenols is 3. The second-order valence-corrected chi connectivity index (χ2v) is 6.40. The first-order valence-electron chi connectivity index (χ1n) is 6.93. The lowest BCUT2D eigenvalue weighted by Crippen LogP contribution is -2.15. The Kier molecular flexibility index (Phi) is 3.58. The number of nitrogens with two attached hydrogens (primary N) is 1. The fraction of sp³-hybridized carbons (Fsp3) is 0.267. The van der Waals surface area contributed by atoms with Crippen LogP contribution in [0, 0.1) is 0 Å². The summed E-state index contributed by atoms with van der Waals surface area (Å²) in [6.45, 7) is 0. The highest BCUT2D eigenvalue weighted by Gasteiger charge is 2.24. The van der Waals surface area contributed by atoms with E-state index in [0.29, 0.717) is 10.6 Å². The second kappa shape index (κ2) is 5.42. The van der Waals surface area contributed by atoms with Gasteiger partial charge in [-0.25, -0.2) is 0 Å². The topological polar surface area (TPSA) is 116 Å². The number of carbonyl (C=O) groups excluding carboxylic acids is 1. The van der Waals surface area contributed by atoms with Gasteiger partial charge in [0.15, 0.2) is 17.2 Å². The van der Waals surface area contributed by atoms with Gasteiger partial charge in [0.2, 0.25) is 0 Å². The van der Waals surface area contributed by atoms with E-state index >= 15 is 0 Å². The van der Waals surface area contributed by atoms with Gasteiger partial charge in [-0.15, -0.1) is 11.3 Å². The molecule has 7 heteroatoms. The summed E-state index contributed by atoms with van der Waals surface area (Å²) in [5.74, 6) is -2.00. The van der Waals surface area contributed by atoms with Crippen LogP contribution >= 0.6 is 11.3 Å². The van der Waals surface area contributed by atoms with E-state index in [1.807, 2.05) is 0 Å². The maximum Gasteiger partial charge on any atom is 0.258 e. The molecule has 0 radical (unpaired) electrons. The molecule has 1 aromatic carbocycles. The molecule has 116 valence electrons. The zero-order chi connectivity index (χ0) is 15.9.